The number of nitrogens with zero attached hydrogens (tertiary/aromatic N) is 2. The highest BCUT2D eigenvalue weighted by Gasteiger charge is 2.24. The van der Waals surface area contributed by atoms with Gasteiger partial charge in [0.15, 0.2) is 5.75 Å². The molecule has 2 aromatic carbocycles. The molecule has 4 aromatic rings. The lowest BCUT2D eigenvalue weighted by Gasteiger charge is -2.19. The van der Waals surface area contributed by atoms with Crippen LogP contribution in [-0.4, -0.2) is 50.7 Å². The standard InChI is InChI=1S/C24H22N2O3.C6H15N/c1-13-6-9-19-18(10-13)15(12-25-19)11-20-23(27)21(24(28)29)17-8-7-14-4-2-3-5-16(14)22(17)26-20;1-4-7(5-2)6-3/h6-10,12,25,27H,2-5,11H2,1H3,(H,28,29);4-6H2,1-3H3. The van der Waals surface area contributed by atoms with Gasteiger partial charge in [0.2, 0.25) is 0 Å². The summed E-state index contributed by atoms with van der Waals surface area (Å²) in [6.45, 7) is 12.2. The molecule has 0 bridgehead atoms. The fourth-order valence-corrected chi connectivity index (χ4v) is 5.23. The average Bonchev–Trinajstić information content (AvgIpc) is 3.27. The quantitative estimate of drug-likeness (QED) is 0.299. The fraction of sp³-hybridized carbons (Fsp3) is 0.400. The maximum atomic E-state index is 12.0. The van der Waals surface area contributed by atoms with Crippen molar-refractivity contribution in [1.82, 2.24) is 14.9 Å². The van der Waals surface area contributed by atoms with Gasteiger partial charge in [0, 0.05) is 28.9 Å². The molecule has 0 amide bonds. The van der Waals surface area contributed by atoms with E-state index in [4.69, 9.17) is 4.98 Å². The number of hydrogen-bond donors (Lipinski definition) is 3. The largest absolute Gasteiger partial charge is 0.505 e. The molecule has 6 heteroatoms. The van der Waals surface area contributed by atoms with Crippen molar-refractivity contribution in [1.29, 1.82) is 0 Å². The summed E-state index contributed by atoms with van der Waals surface area (Å²) in [4.78, 5) is 22.5. The molecular weight excluding hydrogens is 450 g/mol. The molecule has 0 atom stereocenters. The van der Waals surface area contributed by atoms with Crippen molar-refractivity contribution in [2.75, 3.05) is 19.6 Å². The lowest BCUT2D eigenvalue weighted by Crippen LogP contribution is -2.21. The normalized spacial score (nSPS) is 13.0. The van der Waals surface area contributed by atoms with Crippen molar-refractivity contribution in [3.63, 3.8) is 0 Å². The van der Waals surface area contributed by atoms with Gasteiger partial charge in [-0.15, -0.1) is 0 Å². The zero-order chi connectivity index (χ0) is 25.8. The number of rotatable bonds is 6. The Bertz CT molecular complexity index is 1380. The van der Waals surface area contributed by atoms with E-state index in [0.29, 0.717) is 17.5 Å². The molecule has 5 rings (SSSR count). The Morgan fingerprint density at radius 2 is 1.75 bits per heavy atom. The van der Waals surface area contributed by atoms with Crippen LogP contribution in [0.15, 0.2) is 36.5 Å². The van der Waals surface area contributed by atoms with E-state index in [9.17, 15) is 15.0 Å². The fourth-order valence-electron chi connectivity index (χ4n) is 5.23. The first kappa shape index (κ1) is 25.7. The number of aromatic carboxylic acids is 1. The van der Waals surface area contributed by atoms with E-state index < -0.39 is 5.97 Å². The summed E-state index contributed by atoms with van der Waals surface area (Å²) in [5, 5.41) is 22.3. The van der Waals surface area contributed by atoms with E-state index >= 15 is 0 Å². The summed E-state index contributed by atoms with van der Waals surface area (Å²) < 4.78 is 0. The smallest absolute Gasteiger partial charge is 0.340 e. The second kappa shape index (κ2) is 11.1. The van der Waals surface area contributed by atoms with Crippen molar-refractivity contribution >= 4 is 27.8 Å². The second-order valence-electron chi connectivity index (χ2n) is 9.55. The zero-order valence-electron chi connectivity index (χ0n) is 21.8. The number of aromatic amines is 1. The summed E-state index contributed by atoms with van der Waals surface area (Å²) in [5.74, 6) is -1.36. The van der Waals surface area contributed by atoms with Crippen molar-refractivity contribution in [3.05, 3.63) is 70.0 Å². The molecule has 1 aliphatic carbocycles. The Labute approximate surface area is 213 Å². The van der Waals surface area contributed by atoms with Gasteiger partial charge in [0.1, 0.15) is 5.56 Å². The molecule has 2 aromatic heterocycles. The van der Waals surface area contributed by atoms with Crippen LogP contribution in [0.4, 0.5) is 0 Å². The second-order valence-corrected chi connectivity index (χ2v) is 9.55. The lowest BCUT2D eigenvalue weighted by molar-refractivity contribution is 0.0695. The molecule has 3 N–H and O–H groups in total. The van der Waals surface area contributed by atoms with Crippen LogP contribution in [0.2, 0.25) is 0 Å². The maximum absolute atomic E-state index is 12.0. The third kappa shape index (κ3) is 5.09. The number of aryl methyl sites for hydroxylation is 3. The molecule has 0 spiro atoms. The molecule has 190 valence electrons. The molecule has 0 saturated heterocycles. The number of carboxylic acids is 1. The van der Waals surface area contributed by atoms with Gasteiger partial charge in [-0.25, -0.2) is 9.78 Å². The molecule has 2 heterocycles. The van der Waals surface area contributed by atoms with Crippen LogP contribution in [-0.2, 0) is 19.3 Å². The van der Waals surface area contributed by atoms with E-state index in [1.807, 2.05) is 31.3 Å². The van der Waals surface area contributed by atoms with Gasteiger partial charge in [-0.3, -0.25) is 0 Å². The number of carbonyl (C=O) groups is 1. The number of fused-ring (bicyclic) bond motifs is 4. The topological polar surface area (TPSA) is 89.5 Å². The minimum atomic E-state index is -1.12. The Morgan fingerprint density at radius 1 is 1.03 bits per heavy atom. The van der Waals surface area contributed by atoms with Crippen molar-refractivity contribution < 1.29 is 15.0 Å². The van der Waals surface area contributed by atoms with Gasteiger partial charge in [-0.1, -0.05) is 44.5 Å². The third-order valence-corrected chi connectivity index (χ3v) is 7.37. The van der Waals surface area contributed by atoms with Crippen LogP contribution in [0, 0.1) is 6.92 Å². The SMILES string of the molecule is CCN(CC)CC.Cc1ccc2[nH]cc(Cc3nc4c5c(ccc4c(C(=O)O)c3O)CCCC5)c2c1. The minimum Gasteiger partial charge on any atom is -0.505 e. The van der Waals surface area contributed by atoms with E-state index in [-0.39, 0.29) is 11.3 Å². The molecule has 36 heavy (non-hydrogen) atoms. The number of benzene rings is 2. The first-order valence-corrected chi connectivity index (χ1v) is 13.1. The zero-order valence-corrected chi connectivity index (χ0v) is 21.8. The van der Waals surface area contributed by atoms with Gasteiger partial charge in [0.25, 0.3) is 0 Å². The first-order valence-electron chi connectivity index (χ1n) is 13.1. The Balaban J connectivity index is 0.000000384. The van der Waals surface area contributed by atoms with E-state index in [1.165, 1.54) is 25.2 Å². The lowest BCUT2D eigenvalue weighted by atomic mass is 9.88. The monoisotopic (exact) mass is 487 g/mol. The van der Waals surface area contributed by atoms with Crippen molar-refractivity contribution in [3.8, 4) is 5.75 Å². The Hall–Kier alpha value is -3.38. The maximum Gasteiger partial charge on any atom is 0.340 e. The number of nitrogens with one attached hydrogen (secondary N) is 1. The Morgan fingerprint density at radius 3 is 2.42 bits per heavy atom. The minimum absolute atomic E-state index is 0.0469. The molecule has 0 fully saturated rings. The number of aromatic hydroxyl groups is 1. The highest BCUT2D eigenvalue weighted by Crippen LogP contribution is 2.36. The summed E-state index contributed by atoms with van der Waals surface area (Å²) in [7, 11) is 0. The molecule has 1 aliphatic rings. The molecule has 0 unspecified atom stereocenters. The van der Waals surface area contributed by atoms with Crippen LogP contribution in [0.3, 0.4) is 0 Å². The molecule has 0 saturated carbocycles. The molecule has 0 aliphatic heterocycles. The average molecular weight is 488 g/mol. The van der Waals surface area contributed by atoms with Crippen molar-refractivity contribution in [2.45, 2.75) is 59.8 Å². The van der Waals surface area contributed by atoms with Crippen LogP contribution < -0.4 is 0 Å². The van der Waals surface area contributed by atoms with E-state index in [0.717, 1.165) is 58.8 Å². The third-order valence-electron chi connectivity index (χ3n) is 7.37. The summed E-state index contributed by atoms with van der Waals surface area (Å²) in [6, 6.07) is 9.96. The van der Waals surface area contributed by atoms with Gasteiger partial charge in [-0.05, 0) is 81.1 Å². The van der Waals surface area contributed by atoms with Crippen LogP contribution in [0.25, 0.3) is 21.8 Å². The predicted octanol–water partition coefficient (Wildman–Crippen LogP) is 6.25. The molecular formula is C30H37N3O3. The number of hydrogen-bond acceptors (Lipinski definition) is 4. The van der Waals surface area contributed by atoms with Crippen molar-refractivity contribution in [2.24, 2.45) is 0 Å². The highest BCUT2D eigenvalue weighted by molar-refractivity contribution is 6.06. The summed E-state index contributed by atoms with van der Waals surface area (Å²) >= 11 is 0. The number of H-pyrrole nitrogens is 1. The summed E-state index contributed by atoms with van der Waals surface area (Å²) in [5.41, 5.74) is 6.62. The van der Waals surface area contributed by atoms with Gasteiger partial charge in [0.05, 0.1) is 11.2 Å². The van der Waals surface area contributed by atoms with Crippen LogP contribution >= 0.6 is 0 Å². The number of aromatic nitrogens is 2. The predicted molar refractivity (Wildman–Crippen MR) is 146 cm³/mol. The number of carboxylic acid groups (broad SMARTS) is 1. The van der Waals surface area contributed by atoms with Gasteiger partial charge < -0.3 is 20.1 Å². The van der Waals surface area contributed by atoms with E-state index in [1.54, 1.807) is 6.07 Å². The number of pyridine rings is 1. The molecule has 6 nitrogen and oxygen atoms in total. The highest BCUT2D eigenvalue weighted by atomic mass is 16.4. The van der Waals surface area contributed by atoms with E-state index in [2.05, 4.69) is 36.7 Å². The van der Waals surface area contributed by atoms with Crippen LogP contribution in [0.5, 0.6) is 5.75 Å². The van der Waals surface area contributed by atoms with Gasteiger partial charge in [-0.2, -0.15) is 0 Å². The van der Waals surface area contributed by atoms with Gasteiger partial charge >= 0.3 is 5.97 Å². The molecule has 0 radical (unpaired) electrons. The summed E-state index contributed by atoms with van der Waals surface area (Å²) in [6.07, 6.45) is 6.39. The van der Waals surface area contributed by atoms with Crippen LogP contribution in [0.1, 0.15) is 71.9 Å². The Kier molecular flexibility index (Phi) is 7.94. The first-order chi connectivity index (χ1) is 17.4.